The van der Waals surface area contributed by atoms with Gasteiger partial charge in [-0.05, 0) is 25.0 Å². The van der Waals surface area contributed by atoms with Crippen LogP contribution in [0.1, 0.15) is 23.2 Å². The van der Waals surface area contributed by atoms with Crippen molar-refractivity contribution >= 4 is 12.4 Å². The van der Waals surface area contributed by atoms with Crippen LogP contribution in [0, 0.1) is 0 Å². The number of benzene rings is 1. The topological polar surface area (TPSA) is 87.1 Å². The van der Waals surface area contributed by atoms with E-state index in [1.165, 1.54) is 11.0 Å². The van der Waals surface area contributed by atoms with Crippen molar-refractivity contribution in [2.45, 2.75) is 18.9 Å². The molecular formula is C13H15NO5. The molecule has 19 heavy (non-hydrogen) atoms. The number of carbonyl (C=O) groups is 2. The van der Waals surface area contributed by atoms with Gasteiger partial charge in [-0.15, -0.1) is 0 Å². The maximum atomic E-state index is 11.0. The lowest BCUT2D eigenvalue weighted by atomic mass is 10.2. The summed E-state index contributed by atoms with van der Waals surface area (Å²) in [4.78, 5) is 23.2. The van der Waals surface area contributed by atoms with Gasteiger partial charge >= 0.3 is 6.09 Å². The van der Waals surface area contributed by atoms with E-state index in [-0.39, 0.29) is 29.7 Å². The Labute approximate surface area is 110 Å². The average molecular weight is 265 g/mol. The van der Waals surface area contributed by atoms with Gasteiger partial charge in [0.15, 0.2) is 6.29 Å². The molecule has 1 unspecified atom stereocenters. The molecule has 1 saturated heterocycles. The molecule has 0 saturated carbocycles. The Balaban J connectivity index is 2.05. The van der Waals surface area contributed by atoms with Crippen LogP contribution in [0.5, 0.6) is 11.5 Å². The van der Waals surface area contributed by atoms with Crippen LogP contribution < -0.4 is 4.74 Å². The number of hydrogen-bond acceptors (Lipinski definition) is 4. The molecule has 1 amide bonds. The molecule has 1 aromatic rings. The smallest absolute Gasteiger partial charge is 0.407 e. The van der Waals surface area contributed by atoms with E-state index in [0.717, 1.165) is 12.8 Å². The van der Waals surface area contributed by atoms with Gasteiger partial charge in [0.1, 0.15) is 18.1 Å². The quantitative estimate of drug-likeness (QED) is 0.809. The maximum Gasteiger partial charge on any atom is 0.407 e. The SMILES string of the molecule is O=Cc1c(O)cccc1OCC1CCCN1C(=O)O. The van der Waals surface area contributed by atoms with Gasteiger partial charge in [0, 0.05) is 6.54 Å². The molecule has 1 aliphatic heterocycles. The minimum Gasteiger partial charge on any atom is -0.507 e. The van der Waals surface area contributed by atoms with Gasteiger partial charge in [0.25, 0.3) is 0 Å². The first kappa shape index (κ1) is 13.2. The third-order valence-corrected chi connectivity index (χ3v) is 3.22. The Bertz CT molecular complexity index is 488. The van der Waals surface area contributed by atoms with Crippen molar-refractivity contribution in [1.29, 1.82) is 0 Å². The highest BCUT2D eigenvalue weighted by Gasteiger charge is 2.29. The Morgan fingerprint density at radius 2 is 2.32 bits per heavy atom. The predicted molar refractivity (Wildman–Crippen MR) is 66.7 cm³/mol. The second-order valence-corrected chi connectivity index (χ2v) is 4.39. The molecule has 0 bridgehead atoms. The van der Waals surface area contributed by atoms with Crippen molar-refractivity contribution in [3.05, 3.63) is 23.8 Å². The number of carboxylic acid groups (broad SMARTS) is 1. The van der Waals surface area contributed by atoms with E-state index in [1.807, 2.05) is 0 Å². The number of ether oxygens (including phenoxy) is 1. The van der Waals surface area contributed by atoms with E-state index in [0.29, 0.717) is 12.8 Å². The first-order valence-electron chi connectivity index (χ1n) is 6.03. The number of rotatable bonds is 4. The highest BCUT2D eigenvalue weighted by molar-refractivity contribution is 5.83. The summed E-state index contributed by atoms with van der Waals surface area (Å²) in [5.74, 6) is 0.126. The van der Waals surface area contributed by atoms with E-state index < -0.39 is 6.09 Å². The van der Waals surface area contributed by atoms with Gasteiger partial charge < -0.3 is 19.8 Å². The monoisotopic (exact) mass is 265 g/mol. The van der Waals surface area contributed by atoms with Crippen LogP contribution in [0.25, 0.3) is 0 Å². The van der Waals surface area contributed by atoms with Gasteiger partial charge in [0.2, 0.25) is 0 Å². The molecule has 1 aromatic carbocycles. The average Bonchev–Trinajstić information content (AvgIpc) is 2.84. The van der Waals surface area contributed by atoms with Gasteiger partial charge in [-0.2, -0.15) is 0 Å². The summed E-state index contributed by atoms with van der Waals surface area (Å²) in [5, 5.41) is 18.5. The van der Waals surface area contributed by atoms with E-state index in [4.69, 9.17) is 9.84 Å². The number of carbonyl (C=O) groups excluding carboxylic acids is 1. The fourth-order valence-corrected chi connectivity index (χ4v) is 2.22. The first-order valence-corrected chi connectivity index (χ1v) is 6.03. The molecule has 0 aliphatic carbocycles. The lowest BCUT2D eigenvalue weighted by molar-refractivity contribution is 0.110. The number of hydrogen-bond donors (Lipinski definition) is 2. The number of nitrogens with zero attached hydrogens (tertiary/aromatic N) is 1. The summed E-state index contributed by atoms with van der Waals surface area (Å²) in [6, 6.07) is 4.33. The molecule has 1 aliphatic rings. The Morgan fingerprint density at radius 1 is 1.53 bits per heavy atom. The third kappa shape index (κ3) is 2.78. The number of aromatic hydroxyl groups is 1. The summed E-state index contributed by atoms with van der Waals surface area (Å²) in [7, 11) is 0. The normalized spacial score (nSPS) is 18.3. The number of phenols is 1. The first-order chi connectivity index (χ1) is 9.13. The zero-order valence-electron chi connectivity index (χ0n) is 10.3. The number of amides is 1. The minimum absolute atomic E-state index is 0.0855. The summed E-state index contributed by atoms with van der Waals surface area (Å²) in [6.45, 7) is 0.681. The van der Waals surface area contributed by atoms with Crippen molar-refractivity contribution in [2.75, 3.05) is 13.2 Å². The van der Waals surface area contributed by atoms with Crippen LogP contribution >= 0.6 is 0 Å². The van der Waals surface area contributed by atoms with Crippen LogP contribution in [-0.2, 0) is 0 Å². The number of phenolic OH excluding ortho intramolecular Hbond substituents is 1. The van der Waals surface area contributed by atoms with Crippen LogP contribution in [0.15, 0.2) is 18.2 Å². The van der Waals surface area contributed by atoms with Crippen LogP contribution in [0.3, 0.4) is 0 Å². The fraction of sp³-hybridized carbons (Fsp3) is 0.385. The highest BCUT2D eigenvalue weighted by Crippen LogP contribution is 2.26. The molecule has 0 aromatic heterocycles. The summed E-state index contributed by atoms with van der Waals surface area (Å²) < 4.78 is 5.48. The second kappa shape index (κ2) is 5.60. The molecule has 102 valence electrons. The highest BCUT2D eigenvalue weighted by atomic mass is 16.5. The van der Waals surface area contributed by atoms with Gasteiger partial charge in [-0.25, -0.2) is 4.79 Å². The van der Waals surface area contributed by atoms with E-state index in [1.54, 1.807) is 12.1 Å². The van der Waals surface area contributed by atoms with Crippen LogP contribution in [0.2, 0.25) is 0 Å². The Morgan fingerprint density at radius 3 is 3.00 bits per heavy atom. The zero-order valence-corrected chi connectivity index (χ0v) is 10.3. The van der Waals surface area contributed by atoms with Crippen molar-refractivity contribution in [1.82, 2.24) is 4.90 Å². The number of aldehydes is 1. The lowest BCUT2D eigenvalue weighted by Gasteiger charge is -2.22. The molecule has 2 N–H and O–H groups in total. The van der Waals surface area contributed by atoms with Gasteiger partial charge in [0.05, 0.1) is 11.6 Å². The lowest BCUT2D eigenvalue weighted by Crippen LogP contribution is -2.38. The summed E-state index contributed by atoms with van der Waals surface area (Å²) in [5.41, 5.74) is 0.0855. The zero-order chi connectivity index (χ0) is 13.8. The summed E-state index contributed by atoms with van der Waals surface area (Å²) in [6.07, 6.45) is 1.11. The van der Waals surface area contributed by atoms with Gasteiger partial charge in [-0.3, -0.25) is 4.79 Å². The van der Waals surface area contributed by atoms with Crippen LogP contribution in [-0.4, -0.2) is 46.7 Å². The van der Waals surface area contributed by atoms with Crippen molar-refractivity contribution < 1.29 is 24.5 Å². The largest absolute Gasteiger partial charge is 0.507 e. The van der Waals surface area contributed by atoms with E-state index in [2.05, 4.69) is 0 Å². The van der Waals surface area contributed by atoms with E-state index >= 15 is 0 Å². The van der Waals surface area contributed by atoms with Crippen molar-refractivity contribution in [2.24, 2.45) is 0 Å². The molecule has 2 rings (SSSR count). The predicted octanol–water partition coefficient (Wildman–Crippen LogP) is 1.73. The van der Waals surface area contributed by atoms with Gasteiger partial charge in [-0.1, -0.05) is 6.07 Å². The molecule has 1 fully saturated rings. The molecule has 1 atom stereocenters. The third-order valence-electron chi connectivity index (χ3n) is 3.22. The molecule has 0 radical (unpaired) electrons. The fourth-order valence-electron chi connectivity index (χ4n) is 2.22. The molecule has 1 heterocycles. The number of likely N-dealkylation sites (tertiary alicyclic amines) is 1. The maximum absolute atomic E-state index is 11.0. The van der Waals surface area contributed by atoms with Crippen molar-refractivity contribution in [3.63, 3.8) is 0 Å². The summed E-state index contributed by atoms with van der Waals surface area (Å²) >= 11 is 0. The van der Waals surface area contributed by atoms with Crippen LogP contribution in [0.4, 0.5) is 4.79 Å². The molecule has 6 nitrogen and oxygen atoms in total. The molecule has 6 heteroatoms. The standard InChI is InChI=1S/C13H15NO5/c15-7-10-11(16)4-1-5-12(10)19-8-9-3-2-6-14(9)13(17)18/h1,4-5,7,9,16H,2-3,6,8H2,(H,17,18). The molecule has 0 spiro atoms. The Kier molecular flexibility index (Phi) is 3.89. The Hall–Kier alpha value is -2.24. The second-order valence-electron chi connectivity index (χ2n) is 4.39. The molecular weight excluding hydrogens is 250 g/mol. The minimum atomic E-state index is -0.961. The van der Waals surface area contributed by atoms with E-state index in [9.17, 15) is 14.7 Å². The van der Waals surface area contributed by atoms with Crippen molar-refractivity contribution in [3.8, 4) is 11.5 Å².